The zero-order chi connectivity index (χ0) is 14.5. The highest BCUT2D eigenvalue weighted by atomic mass is 79.9. The van der Waals surface area contributed by atoms with Crippen LogP contribution in [0.15, 0.2) is 28.7 Å². The molecule has 19 heavy (non-hydrogen) atoms. The fourth-order valence-electron chi connectivity index (χ4n) is 1.59. The van der Waals surface area contributed by atoms with E-state index in [1.807, 2.05) is 12.1 Å². The van der Waals surface area contributed by atoms with Gasteiger partial charge >= 0.3 is 6.18 Å². The van der Waals surface area contributed by atoms with E-state index in [-0.39, 0.29) is 19.2 Å². The zero-order valence-corrected chi connectivity index (χ0v) is 12.5. The Bertz CT molecular complexity index is 396. The van der Waals surface area contributed by atoms with Crippen LogP contribution < -0.4 is 4.74 Å². The minimum Gasteiger partial charge on any atom is -0.492 e. The third-order valence-electron chi connectivity index (χ3n) is 2.56. The van der Waals surface area contributed by atoms with Gasteiger partial charge in [0.1, 0.15) is 12.4 Å². The molecule has 0 fully saturated rings. The van der Waals surface area contributed by atoms with Crippen molar-refractivity contribution in [1.29, 1.82) is 0 Å². The van der Waals surface area contributed by atoms with Crippen LogP contribution in [0.4, 0.5) is 13.2 Å². The van der Waals surface area contributed by atoms with Gasteiger partial charge in [-0.3, -0.25) is 4.90 Å². The SMILES string of the molecule is CC(C)N(CCOc1cccc(Br)c1)CC(F)(F)F. The topological polar surface area (TPSA) is 12.5 Å². The van der Waals surface area contributed by atoms with E-state index >= 15 is 0 Å². The van der Waals surface area contributed by atoms with E-state index in [0.29, 0.717) is 5.75 Å². The van der Waals surface area contributed by atoms with Crippen LogP contribution in [0.3, 0.4) is 0 Å². The van der Waals surface area contributed by atoms with Crippen molar-refractivity contribution in [3.8, 4) is 5.75 Å². The van der Waals surface area contributed by atoms with Gasteiger partial charge in [0.15, 0.2) is 0 Å². The molecule has 0 saturated carbocycles. The summed E-state index contributed by atoms with van der Waals surface area (Å²) in [6, 6.07) is 7.05. The second kappa shape index (κ2) is 7.14. The summed E-state index contributed by atoms with van der Waals surface area (Å²) in [4.78, 5) is 1.35. The van der Waals surface area contributed by atoms with Crippen LogP contribution in [0, 0.1) is 0 Å². The highest BCUT2D eigenvalue weighted by molar-refractivity contribution is 9.10. The smallest absolute Gasteiger partial charge is 0.401 e. The van der Waals surface area contributed by atoms with Gasteiger partial charge in [0.05, 0.1) is 6.54 Å². The molecule has 6 heteroatoms. The maximum Gasteiger partial charge on any atom is 0.401 e. The molecule has 0 aliphatic heterocycles. The van der Waals surface area contributed by atoms with Gasteiger partial charge in [-0.05, 0) is 32.0 Å². The molecule has 0 atom stereocenters. The second-order valence-corrected chi connectivity index (χ2v) is 5.40. The summed E-state index contributed by atoms with van der Waals surface area (Å²) in [5.41, 5.74) is 0. The fraction of sp³-hybridized carbons (Fsp3) is 0.538. The van der Waals surface area contributed by atoms with Gasteiger partial charge in [-0.15, -0.1) is 0 Å². The predicted molar refractivity (Wildman–Crippen MR) is 72.4 cm³/mol. The third-order valence-corrected chi connectivity index (χ3v) is 3.05. The molecule has 1 aromatic rings. The normalized spacial score (nSPS) is 12.2. The summed E-state index contributed by atoms with van der Waals surface area (Å²) in [5, 5.41) is 0. The molecule has 0 N–H and O–H groups in total. The van der Waals surface area contributed by atoms with E-state index in [0.717, 1.165) is 4.47 Å². The Morgan fingerprint density at radius 1 is 1.32 bits per heavy atom. The van der Waals surface area contributed by atoms with Gasteiger partial charge in [0.2, 0.25) is 0 Å². The summed E-state index contributed by atoms with van der Waals surface area (Å²) in [6.07, 6.45) is -4.18. The van der Waals surface area contributed by atoms with Gasteiger partial charge < -0.3 is 4.74 Å². The first-order valence-corrected chi connectivity index (χ1v) is 6.76. The summed E-state index contributed by atoms with van der Waals surface area (Å²) < 4.78 is 43.5. The number of halogens is 4. The lowest BCUT2D eigenvalue weighted by Crippen LogP contribution is -2.41. The van der Waals surface area contributed by atoms with Crippen LogP contribution in [0.25, 0.3) is 0 Å². The Labute approximate surface area is 119 Å². The van der Waals surface area contributed by atoms with Crippen molar-refractivity contribution in [2.75, 3.05) is 19.7 Å². The molecule has 0 spiro atoms. The van der Waals surface area contributed by atoms with E-state index in [1.54, 1.807) is 26.0 Å². The van der Waals surface area contributed by atoms with Gasteiger partial charge in [-0.1, -0.05) is 22.0 Å². The van der Waals surface area contributed by atoms with Crippen molar-refractivity contribution in [3.63, 3.8) is 0 Å². The van der Waals surface area contributed by atoms with Gasteiger partial charge in [0.25, 0.3) is 0 Å². The van der Waals surface area contributed by atoms with Crippen molar-refractivity contribution in [1.82, 2.24) is 4.90 Å². The van der Waals surface area contributed by atoms with E-state index in [9.17, 15) is 13.2 Å². The lowest BCUT2D eigenvalue weighted by Gasteiger charge is -2.27. The van der Waals surface area contributed by atoms with Gasteiger partial charge in [-0.2, -0.15) is 13.2 Å². The summed E-state index contributed by atoms with van der Waals surface area (Å²) >= 11 is 3.31. The Morgan fingerprint density at radius 3 is 2.53 bits per heavy atom. The minimum absolute atomic E-state index is 0.173. The highest BCUT2D eigenvalue weighted by Gasteiger charge is 2.31. The Kier molecular flexibility index (Phi) is 6.13. The molecule has 1 aromatic carbocycles. The van der Waals surface area contributed by atoms with Gasteiger partial charge in [-0.25, -0.2) is 0 Å². The van der Waals surface area contributed by atoms with Crippen molar-refractivity contribution in [3.05, 3.63) is 28.7 Å². The molecule has 1 rings (SSSR count). The van der Waals surface area contributed by atoms with Crippen LogP contribution in [0.5, 0.6) is 5.75 Å². The molecule has 0 radical (unpaired) electrons. The largest absolute Gasteiger partial charge is 0.492 e. The number of rotatable bonds is 6. The fourth-order valence-corrected chi connectivity index (χ4v) is 1.97. The molecule has 2 nitrogen and oxygen atoms in total. The molecule has 0 aliphatic carbocycles. The standard InChI is InChI=1S/C13H17BrF3NO/c1-10(2)18(9-13(15,16)17)6-7-19-12-5-3-4-11(14)8-12/h3-5,8,10H,6-7,9H2,1-2H3. The summed E-state index contributed by atoms with van der Waals surface area (Å²) in [7, 11) is 0. The average molecular weight is 340 g/mol. The van der Waals surface area contributed by atoms with Crippen LogP contribution in [-0.2, 0) is 0 Å². The zero-order valence-electron chi connectivity index (χ0n) is 10.9. The van der Waals surface area contributed by atoms with E-state index in [1.165, 1.54) is 4.90 Å². The van der Waals surface area contributed by atoms with E-state index in [2.05, 4.69) is 15.9 Å². The van der Waals surface area contributed by atoms with Crippen molar-refractivity contribution >= 4 is 15.9 Å². The second-order valence-electron chi connectivity index (χ2n) is 4.49. The van der Waals surface area contributed by atoms with Crippen LogP contribution >= 0.6 is 15.9 Å². The van der Waals surface area contributed by atoms with Crippen molar-refractivity contribution < 1.29 is 17.9 Å². The molecule has 108 valence electrons. The number of benzene rings is 1. The molecule has 0 heterocycles. The highest BCUT2D eigenvalue weighted by Crippen LogP contribution is 2.19. The first kappa shape index (κ1) is 16.3. The predicted octanol–water partition coefficient (Wildman–Crippen LogP) is 4.10. The number of alkyl halides is 3. The molecule has 0 unspecified atom stereocenters. The maximum atomic E-state index is 12.4. The van der Waals surface area contributed by atoms with Gasteiger partial charge in [0, 0.05) is 17.1 Å². The molecule has 0 saturated heterocycles. The van der Waals surface area contributed by atoms with E-state index < -0.39 is 12.7 Å². The Hall–Kier alpha value is -0.750. The first-order valence-electron chi connectivity index (χ1n) is 5.97. The molecule has 0 amide bonds. The summed E-state index contributed by atoms with van der Waals surface area (Å²) in [5.74, 6) is 0.644. The monoisotopic (exact) mass is 339 g/mol. The van der Waals surface area contributed by atoms with Crippen molar-refractivity contribution in [2.45, 2.75) is 26.1 Å². The lowest BCUT2D eigenvalue weighted by atomic mass is 10.3. The van der Waals surface area contributed by atoms with E-state index in [4.69, 9.17) is 4.74 Å². The number of nitrogens with zero attached hydrogens (tertiary/aromatic N) is 1. The van der Waals surface area contributed by atoms with Crippen LogP contribution in [0.1, 0.15) is 13.8 Å². The molecular weight excluding hydrogens is 323 g/mol. The number of hydrogen-bond donors (Lipinski definition) is 0. The van der Waals surface area contributed by atoms with Crippen molar-refractivity contribution in [2.24, 2.45) is 0 Å². The molecule has 0 aliphatic rings. The molecular formula is C13H17BrF3NO. The Morgan fingerprint density at radius 2 is 2.00 bits per heavy atom. The Balaban J connectivity index is 2.44. The average Bonchev–Trinajstić information content (AvgIpc) is 2.26. The maximum absolute atomic E-state index is 12.4. The first-order chi connectivity index (χ1) is 8.78. The minimum atomic E-state index is -4.18. The number of ether oxygens (including phenoxy) is 1. The van der Waals surface area contributed by atoms with Crippen LogP contribution in [-0.4, -0.2) is 36.8 Å². The summed E-state index contributed by atoms with van der Waals surface area (Å²) in [6.45, 7) is 3.04. The molecule has 0 bridgehead atoms. The van der Waals surface area contributed by atoms with Crippen LogP contribution in [0.2, 0.25) is 0 Å². The lowest BCUT2D eigenvalue weighted by molar-refractivity contribution is -0.150. The quantitative estimate of drug-likeness (QED) is 0.773. The number of hydrogen-bond acceptors (Lipinski definition) is 2. The molecule has 0 aromatic heterocycles. The third kappa shape index (κ3) is 6.82.